The fourth-order valence-corrected chi connectivity index (χ4v) is 4.58. The molecule has 0 aromatic rings. The van der Waals surface area contributed by atoms with E-state index in [4.69, 9.17) is 5.73 Å². The first-order chi connectivity index (χ1) is 8.51. The Bertz CT molecular complexity index is 382. The van der Waals surface area contributed by atoms with Gasteiger partial charge in [0.1, 0.15) is 0 Å². The Morgan fingerprint density at radius 1 is 1.50 bits per heavy atom. The average Bonchev–Trinajstić information content (AvgIpc) is 3.17. The van der Waals surface area contributed by atoms with Gasteiger partial charge in [0, 0.05) is 24.4 Å². The minimum absolute atomic E-state index is 0.163. The van der Waals surface area contributed by atoms with Crippen LogP contribution in [0.2, 0.25) is 0 Å². The molecule has 0 aromatic heterocycles. The van der Waals surface area contributed by atoms with Gasteiger partial charge < -0.3 is 5.73 Å². The van der Waals surface area contributed by atoms with Crippen molar-refractivity contribution in [2.45, 2.75) is 30.4 Å². The molecule has 106 valence electrons. The summed E-state index contributed by atoms with van der Waals surface area (Å²) in [7, 11) is -3.32. The molecule has 5 nitrogen and oxygen atoms in total. The van der Waals surface area contributed by atoms with Crippen LogP contribution in [0.25, 0.3) is 0 Å². The molecule has 0 amide bonds. The predicted octanol–water partition coefficient (Wildman–Crippen LogP) is 0.387. The second-order valence-electron chi connectivity index (χ2n) is 5.32. The molecule has 1 heterocycles. The van der Waals surface area contributed by atoms with Crippen molar-refractivity contribution in [3.63, 3.8) is 0 Å². The predicted molar refractivity (Wildman–Crippen MR) is 75.8 cm³/mol. The van der Waals surface area contributed by atoms with Crippen LogP contribution in [0.5, 0.6) is 0 Å². The zero-order chi connectivity index (χ0) is 13.2. The maximum Gasteiger partial charge on any atom is 0.279 e. The minimum Gasteiger partial charge on any atom is -0.330 e. The average molecular weight is 293 g/mol. The maximum atomic E-state index is 12.2. The van der Waals surface area contributed by atoms with Gasteiger partial charge >= 0.3 is 0 Å². The molecular weight excluding hydrogens is 270 g/mol. The third-order valence-electron chi connectivity index (χ3n) is 3.97. The van der Waals surface area contributed by atoms with Crippen LogP contribution in [0.3, 0.4) is 0 Å². The van der Waals surface area contributed by atoms with Gasteiger partial charge in [-0.25, -0.2) is 4.72 Å². The first kappa shape index (κ1) is 14.6. The highest BCUT2D eigenvalue weighted by atomic mass is 32.2. The largest absolute Gasteiger partial charge is 0.330 e. The van der Waals surface area contributed by atoms with Crippen LogP contribution < -0.4 is 10.5 Å². The highest BCUT2D eigenvalue weighted by Crippen LogP contribution is 2.46. The summed E-state index contributed by atoms with van der Waals surface area (Å²) < 4.78 is 28.9. The van der Waals surface area contributed by atoms with Crippen molar-refractivity contribution in [1.29, 1.82) is 0 Å². The van der Waals surface area contributed by atoms with E-state index in [1.165, 1.54) is 0 Å². The van der Waals surface area contributed by atoms with Gasteiger partial charge in [0.25, 0.3) is 10.2 Å². The fraction of sp³-hybridized carbons (Fsp3) is 1.00. The van der Waals surface area contributed by atoms with E-state index in [2.05, 4.69) is 4.72 Å². The van der Waals surface area contributed by atoms with E-state index in [-0.39, 0.29) is 4.75 Å². The summed E-state index contributed by atoms with van der Waals surface area (Å²) in [5.74, 6) is 0.311. The van der Waals surface area contributed by atoms with Gasteiger partial charge in [0.05, 0.1) is 0 Å². The number of piperidine rings is 1. The van der Waals surface area contributed by atoms with E-state index in [0.717, 1.165) is 25.7 Å². The molecule has 0 bridgehead atoms. The summed E-state index contributed by atoms with van der Waals surface area (Å²) in [5.41, 5.74) is 5.64. The number of hydrogen-bond donors (Lipinski definition) is 2. The van der Waals surface area contributed by atoms with Crippen molar-refractivity contribution in [3.8, 4) is 0 Å². The molecular formula is C11H23N3O2S2. The molecule has 0 radical (unpaired) electrons. The molecule has 1 saturated heterocycles. The lowest BCUT2D eigenvalue weighted by molar-refractivity contribution is 0.268. The highest BCUT2D eigenvalue weighted by Gasteiger charge is 2.43. The molecule has 2 aliphatic rings. The maximum absolute atomic E-state index is 12.2. The van der Waals surface area contributed by atoms with Crippen molar-refractivity contribution in [3.05, 3.63) is 0 Å². The van der Waals surface area contributed by atoms with Crippen molar-refractivity contribution in [2.24, 2.45) is 11.7 Å². The van der Waals surface area contributed by atoms with Crippen molar-refractivity contribution in [2.75, 3.05) is 32.4 Å². The normalized spacial score (nSPS) is 28.2. The zero-order valence-corrected chi connectivity index (χ0v) is 12.5. The van der Waals surface area contributed by atoms with Gasteiger partial charge in [-0.05, 0) is 44.4 Å². The number of hydrogen-bond acceptors (Lipinski definition) is 4. The Morgan fingerprint density at radius 2 is 2.22 bits per heavy atom. The van der Waals surface area contributed by atoms with E-state index in [0.29, 0.717) is 32.1 Å². The van der Waals surface area contributed by atoms with Gasteiger partial charge in [-0.3, -0.25) is 0 Å². The van der Waals surface area contributed by atoms with Crippen LogP contribution in [0, 0.1) is 5.92 Å². The third-order valence-corrected chi connectivity index (χ3v) is 6.91. The van der Waals surface area contributed by atoms with Crippen molar-refractivity contribution >= 4 is 22.0 Å². The molecule has 0 spiro atoms. The van der Waals surface area contributed by atoms with Crippen LogP contribution in [-0.2, 0) is 10.2 Å². The van der Waals surface area contributed by atoms with Gasteiger partial charge in [0.15, 0.2) is 0 Å². The number of nitrogens with two attached hydrogens (primary N) is 1. The summed E-state index contributed by atoms with van der Waals surface area (Å²) in [5, 5.41) is 0. The van der Waals surface area contributed by atoms with E-state index in [1.54, 1.807) is 16.1 Å². The smallest absolute Gasteiger partial charge is 0.279 e. The Hall–Kier alpha value is 0.180. The van der Waals surface area contributed by atoms with Gasteiger partial charge in [-0.2, -0.15) is 24.5 Å². The molecule has 3 N–H and O–H groups in total. The number of thioether (sulfide) groups is 1. The molecule has 2 fully saturated rings. The molecule has 1 aliphatic heterocycles. The molecule has 2 rings (SSSR count). The van der Waals surface area contributed by atoms with E-state index < -0.39 is 10.2 Å². The summed E-state index contributed by atoms with van der Waals surface area (Å²) in [6, 6.07) is 0. The summed E-state index contributed by atoms with van der Waals surface area (Å²) in [4.78, 5) is 0. The highest BCUT2D eigenvalue weighted by molar-refractivity contribution is 8.00. The lowest BCUT2D eigenvalue weighted by atomic mass is 10.0. The van der Waals surface area contributed by atoms with E-state index in [9.17, 15) is 8.42 Å². The first-order valence-corrected chi connectivity index (χ1v) is 9.18. The Morgan fingerprint density at radius 3 is 2.78 bits per heavy atom. The lowest BCUT2D eigenvalue weighted by Crippen LogP contribution is -2.48. The first-order valence-electron chi connectivity index (χ1n) is 6.51. The lowest BCUT2D eigenvalue weighted by Gasteiger charge is -2.31. The Labute approximate surface area is 114 Å². The van der Waals surface area contributed by atoms with Crippen LogP contribution >= 0.6 is 11.8 Å². The molecule has 7 heteroatoms. The fourth-order valence-electron chi connectivity index (χ4n) is 2.34. The van der Waals surface area contributed by atoms with Crippen LogP contribution in [0.1, 0.15) is 25.7 Å². The standard InChI is InChI=1S/C11H23N3O2S2/c1-17-11(4-5-11)9-13-18(15,16)14-6-2-3-10(7-12)8-14/h10,13H,2-9,12H2,1H3. The topological polar surface area (TPSA) is 75.4 Å². The zero-order valence-electron chi connectivity index (χ0n) is 10.9. The monoisotopic (exact) mass is 293 g/mol. The van der Waals surface area contributed by atoms with Gasteiger partial charge in [-0.15, -0.1) is 0 Å². The van der Waals surface area contributed by atoms with E-state index >= 15 is 0 Å². The van der Waals surface area contributed by atoms with Crippen molar-refractivity contribution < 1.29 is 8.42 Å². The SMILES string of the molecule is CSC1(CNS(=O)(=O)N2CCCC(CN)C2)CC1. The molecule has 18 heavy (non-hydrogen) atoms. The van der Waals surface area contributed by atoms with Crippen molar-refractivity contribution in [1.82, 2.24) is 9.03 Å². The summed E-state index contributed by atoms with van der Waals surface area (Å²) in [6.45, 7) is 2.32. The van der Waals surface area contributed by atoms with Crippen LogP contribution in [-0.4, -0.2) is 49.9 Å². The van der Waals surface area contributed by atoms with Crippen LogP contribution in [0.15, 0.2) is 0 Å². The number of nitrogens with zero attached hydrogens (tertiary/aromatic N) is 1. The summed E-state index contributed by atoms with van der Waals surface area (Å²) in [6.07, 6.45) is 6.23. The molecule has 1 aliphatic carbocycles. The number of rotatable bonds is 6. The van der Waals surface area contributed by atoms with Gasteiger partial charge in [-0.1, -0.05) is 0 Å². The molecule has 1 saturated carbocycles. The Balaban J connectivity index is 1.89. The molecule has 0 aromatic carbocycles. The van der Waals surface area contributed by atoms with E-state index in [1.807, 2.05) is 6.26 Å². The summed E-state index contributed by atoms with van der Waals surface area (Å²) >= 11 is 1.77. The van der Waals surface area contributed by atoms with Crippen LogP contribution in [0.4, 0.5) is 0 Å². The number of nitrogens with one attached hydrogen (secondary N) is 1. The minimum atomic E-state index is -3.32. The second kappa shape index (κ2) is 5.66. The third kappa shape index (κ3) is 3.39. The molecule has 1 atom stereocenters. The quantitative estimate of drug-likeness (QED) is 0.743. The second-order valence-corrected chi connectivity index (χ2v) is 8.34. The van der Waals surface area contributed by atoms with Gasteiger partial charge in [0.2, 0.25) is 0 Å². The Kier molecular flexibility index (Phi) is 4.59. The molecule has 1 unspecified atom stereocenters.